The lowest BCUT2D eigenvalue weighted by molar-refractivity contribution is -0.158. The van der Waals surface area contributed by atoms with Gasteiger partial charge in [-0.05, 0) is 42.9 Å². The fraction of sp³-hybridized carbons (Fsp3) is 0.500. The van der Waals surface area contributed by atoms with E-state index in [1.807, 2.05) is 24.3 Å². The zero-order valence-corrected chi connectivity index (χ0v) is 11.2. The second-order valence-corrected chi connectivity index (χ2v) is 5.06. The standard InChI is InChI=1S/C14H17ClO3/c1-17-14(16)13-7-4-11(9-18-13)8-10-2-5-12(15)6-3-10/h2-3,5-6,11,13H,4,7-9H2,1H3/t11-,13+/m0/s1. The molecule has 0 spiro atoms. The fourth-order valence-electron chi connectivity index (χ4n) is 2.24. The van der Waals surface area contributed by atoms with Crippen molar-refractivity contribution < 1.29 is 14.3 Å². The molecule has 0 aliphatic carbocycles. The Morgan fingerprint density at radius 3 is 2.67 bits per heavy atom. The van der Waals surface area contributed by atoms with Crippen LogP contribution in [0.5, 0.6) is 0 Å². The second kappa shape index (κ2) is 6.21. The minimum absolute atomic E-state index is 0.264. The molecule has 1 aromatic rings. The van der Waals surface area contributed by atoms with Crippen molar-refractivity contribution in [1.29, 1.82) is 0 Å². The number of benzene rings is 1. The second-order valence-electron chi connectivity index (χ2n) is 4.62. The van der Waals surface area contributed by atoms with Crippen LogP contribution in [0.3, 0.4) is 0 Å². The van der Waals surface area contributed by atoms with Crippen LogP contribution in [0.2, 0.25) is 5.02 Å². The average molecular weight is 269 g/mol. The third-order valence-electron chi connectivity index (χ3n) is 3.27. The summed E-state index contributed by atoms with van der Waals surface area (Å²) in [6, 6.07) is 7.87. The fourth-order valence-corrected chi connectivity index (χ4v) is 2.36. The van der Waals surface area contributed by atoms with Crippen molar-refractivity contribution >= 4 is 17.6 Å². The first-order valence-corrected chi connectivity index (χ1v) is 6.50. The highest BCUT2D eigenvalue weighted by Crippen LogP contribution is 2.23. The van der Waals surface area contributed by atoms with E-state index in [1.165, 1.54) is 12.7 Å². The van der Waals surface area contributed by atoms with Gasteiger partial charge in [-0.15, -0.1) is 0 Å². The first kappa shape index (κ1) is 13.4. The number of ether oxygens (including phenoxy) is 2. The summed E-state index contributed by atoms with van der Waals surface area (Å²) in [7, 11) is 1.39. The van der Waals surface area contributed by atoms with E-state index in [9.17, 15) is 4.79 Å². The van der Waals surface area contributed by atoms with Crippen LogP contribution in [0.15, 0.2) is 24.3 Å². The normalized spacial score (nSPS) is 23.7. The van der Waals surface area contributed by atoms with Crippen LogP contribution in [-0.2, 0) is 20.7 Å². The van der Waals surface area contributed by atoms with Gasteiger partial charge in [0.25, 0.3) is 0 Å². The number of carbonyl (C=O) groups is 1. The number of esters is 1. The Balaban J connectivity index is 1.83. The van der Waals surface area contributed by atoms with Gasteiger partial charge in [-0.25, -0.2) is 4.79 Å². The van der Waals surface area contributed by atoms with E-state index in [1.54, 1.807) is 0 Å². The van der Waals surface area contributed by atoms with Gasteiger partial charge in [-0.3, -0.25) is 0 Å². The Morgan fingerprint density at radius 1 is 1.39 bits per heavy atom. The maximum atomic E-state index is 11.3. The topological polar surface area (TPSA) is 35.5 Å². The minimum atomic E-state index is -0.378. The molecule has 4 heteroatoms. The predicted molar refractivity (Wildman–Crippen MR) is 69.6 cm³/mol. The van der Waals surface area contributed by atoms with Gasteiger partial charge in [0.2, 0.25) is 0 Å². The van der Waals surface area contributed by atoms with Crippen LogP contribution in [0.25, 0.3) is 0 Å². The largest absolute Gasteiger partial charge is 0.467 e. The van der Waals surface area contributed by atoms with Crippen molar-refractivity contribution in [2.75, 3.05) is 13.7 Å². The maximum Gasteiger partial charge on any atom is 0.334 e. The van der Waals surface area contributed by atoms with Crippen molar-refractivity contribution in [3.63, 3.8) is 0 Å². The molecule has 0 unspecified atom stereocenters. The van der Waals surface area contributed by atoms with Crippen molar-refractivity contribution in [3.8, 4) is 0 Å². The van der Waals surface area contributed by atoms with Crippen LogP contribution in [0.4, 0.5) is 0 Å². The molecule has 18 heavy (non-hydrogen) atoms. The average Bonchev–Trinajstić information content (AvgIpc) is 2.41. The molecule has 0 saturated carbocycles. The Hall–Kier alpha value is -1.06. The molecular formula is C14H17ClO3. The Labute approximate surface area is 112 Å². The molecule has 1 fully saturated rings. The number of halogens is 1. The third-order valence-corrected chi connectivity index (χ3v) is 3.52. The van der Waals surface area contributed by atoms with E-state index in [0.717, 1.165) is 24.3 Å². The number of methoxy groups -OCH3 is 1. The summed E-state index contributed by atoms with van der Waals surface area (Å²) >= 11 is 5.85. The van der Waals surface area contributed by atoms with Gasteiger partial charge < -0.3 is 9.47 Å². The number of rotatable bonds is 3. The Kier molecular flexibility index (Phi) is 4.61. The van der Waals surface area contributed by atoms with E-state index in [2.05, 4.69) is 4.74 Å². The van der Waals surface area contributed by atoms with Crippen molar-refractivity contribution in [2.45, 2.75) is 25.4 Å². The highest BCUT2D eigenvalue weighted by atomic mass is 35.5. The summed E-state index contributed by atoms with van der Waals surface area (Å²) in [5.41, 5.74) is 1.25. The molecule has 1 saturated heterocycles. The summed E-state index contributed by atoms with van der Waals surface area (Å²) in [5.74, 6) is 0.201. The number of hydrogen-bond donors (Lipinski definition) is 0. The van der Waals surface area contributed by atoms with Crippen LogP contribution < -0.4 is 0 Å². The van der Waals surface area contributed by atoms with E-state index in [4.69, 9.17) is 16.3 Å². The molecule has 0 aromatic heterocycles. The van der Waals surface area contributed by atoms with E-state index >= 15 is 0 Å². The number of hydrogen-bond acceptors (Lipinski definition) is 3. The molecular weight excluding hydrogens is 252 g/mol. The SMILES string of the molecule is COC(=O)[C@H]1CC[C@@H](Cc2ccc(Cl)cc2)CO1. The summed E-state index contributed by atoms with van der Waals surface area (Å²) in [6.45, 7) is 0.613. The van der Waals surface area contributed by atoms with Gasteiger partial charge in [0, 0.05) is 5.02 Å². The van der Waals surface area contributed by atoms with Gasteiger partial charge in [0.1, 0.15) is 0 Å². The Morgan fingerprint density at radius 2 is 2.11 bits per heavy atom. The van der Waals surface area contributed by atoms with Gasteiger partial charge in [0.15, 0.2) is 6.10 Å². The molecule has 0 bridgehead atoms. The molecule has 0 radical (unpaired) electrons. The zero-order valence-electron chi connectivity index (χ0n) is 10.4. The van der Waals surface area contributed by atoms with Crippen LogP contribution >= 0.6 is 11.6 Å². The molecule has 2 atom stereocenters. The molecule has 0 amide bonds. The summed E-state index contributed by atoms with van der Waals surface area (Å²) in [4.78, 5) is 11.3. The lowest BCUT2D eigenvalue weighted by Crippen LogP contribution is -2.33. The number of carbonyl (C=O) groups excluding carboxylic acids is 1. The zero-order chi connectivity index (χ0) is 13.0. The minimum Gasteiger partial charge on any atom is -0.467 e. The third kappa shape index (κ3) is 3.47. The monoisotopic (exact) mass is 268 g/mol. The lowest BCUT2D eigenvalue weighted by Gasteiger charge is -2.27. The Bertz CT molecular complexity index is 394. The molecule has 1 aliphatic rings. The first-order chi connectivity index (χ1) is 8.69. The van der Waals surface area contributed by atoms with Crippen molar-refractivity contribution in [1.82, 2.24) is 0 Å². The summed E-state index contributed by atoms with van der Waals surface area (Å²) < 4.78 is 10.2. The molecule has 1 aliphatic heterocycles. The van der Waals surface area contributed by atoms with E-state index in [-0.39, 0.29) is 12.1 Å². The van der Waals surface area contributed by atoms with E-state index in [0.29, 0.717) is 12.5 Å². The van der Waals surface area contributed by atoms with Crippen LogP contribution in [0, 0.1) is 5.92 Å². The highest BCUT2D eigenvalue weighted by molar-refractivity contribution is 6.30. The smallest absolute Gasteiger partial charge is 0.334 e. The molecule has 2 rings (SSSR count). The van der Waals surface area contributed by atoms with E-state index < -0.39 is 0 Å². The van der Waals surface area contributed by atoms with Crippen molar-refractivity contribution in [2.24, 2.45) is 5.92 Å². The molecule has 3 nitrogen and oxygen atoms in total. The highest BCUT2D eigenvalue weighted by Gasteiger charge is 2.27. The van der Waals surface area contributed by atoms with Crippen LogP contribution in [-0.4, -0.2) is 25.8 Å². The predicted octanol–water partition coefficient (Wildman–Crippen LogP) is 2.85. The summed E-state index contributed by atoms with van der Waals surface area (Å²) in [5, 5.41) is 0.754. The molecule has 1 aromatic carbocycles. The molecule has 0 N–H and O–H groups in total. The maximum absolute atomic E-state index is 11.3. The van der Waals surface area contributed by atoms with Gasteiger partial charge in [-0.1, -0.05) is 23.7 Å². The molecule has 98 valence electrons. The quantitative estimate of drug-likeness (QED) is 0.791. The molecule has 1 heterocycles. The van der Waals surface area contributed by atoms with Crippen molar-refractivity contribution in [3.05, 3.63) is 34.9 Å². The van der Waals surface area contributed by atoms with Gasteiger partial charge in [0.05, 0.1) is 13.7 Å². The lowest BCUT2D eigenvalue weighted by atomic mass is 9.92. The first-order valence-electron chi connectivity index (χ1n) is 6.13. The van der Waals surface area contributed by atoms with Gasteiger partial charge >= 0.3 is 5.97 Å². The summed E-state index contributed by atoms with van der Waals surface area (Å²) in [6.07, 6.45) is 2.31. The van der Waals surface area contributed by atoms with Gasteiger partial charge in [-0.2, -0.15) is 0 Å². The van der Waals surface area contributed by atoms with Crippen LogP contribution in [0.1, 0.15) is 18.4 Å².